The van der Waals surface area contributed by atoms with Crippen LogP contribution in [0.2, 0.25) is 0 Å². The lowest BCUT2D eigenvalue weighted by Crippen LogP contribution is -2.06. The van der Waals surface area contributed by atoms with Crippen molar-refractivity contribution in [1.82, 2.24) is 0 Å². The van der Waals surface area contributed by atoms with E-state index in [1.54, 1.807) is 22.6 Å². The van der Waals surface area contributed by atoms with Gasteiger partial charge in [0.2, 0.25) is 5.90 Å². The molecule has 0 aromatic rings. The molecule has 0 unspecified atom stereocenters. The normalized spacial score (nSPS) is 9.33. The van der Waals surface area contributed by atoms with Gasteiger partial charge in [0, 0.05) is 0 Å². The van der Waals surface area contributed by atoms with Gasteiger partial charge in [0.25, 0.3) is 0 Å². The molecule has 2 nitrogen and oxygen atoms in total. The third kappa shape index (κ3) is 4.31. The lowest BCUT2D eigenvalue weighted by Gasteiger charge is -2.01. The lowest BCUT2D eigenvalue weighted by atomic mass is 10.6. The molecular formula is C4H4F2INO. The summed E-state index contributed by atoms with van der Waals surface area (Å²) >= 11 is 1.62. The first-order valence-corrected chi connectivity index (χ1v) is 3.00. The zero-order chi connectivity index (χ0) is 7.44. The van der Waals surface area contributed by atoms with E-state index in [-0.39, 0.29) is 3.58 Å². The first-order valence-electron chi connectivity index (χ1n) is 1.92. The van der Waals surface area contributed by atoms with Crippen LogP contribution in [0.25, 0.3) is 0 Å². The number of rotatable bonds is 2. The number of hydrogen-bond acceptors (Lipinski definition) is 2. The van der Waals surface area contributed by atoms with Crippen molar-refractivity contribution in [2.24, 2.45) is 0 Å². The summed E-state index contributed by atoms with van der Waals surface area (Å²) in [4.78, 5) is 0. The van der Waals surface area contributed by atoms with Gasteiger partial charge in [-0.2, -0.15) is 8.78 Å². The van der Waals surface area contributed by atoms with Gasteiger partial charge in [-0.3, -0.25) is 5.41 Å². The molecule has 0 aliphatic heterocycles. The van der Waals surface area contributed by atoms with Crippen LogP contribution in [0.4, 0.5) is 8.78 Å². The Morgan fingerprint density at radius 2 is 2.11 bits per heavy atom. The number of ether oxygens (including phenoxy) is 1. The maximum Gasteiger partial charge on any atom is 0.388 e. The smallest absolute Gasteiger partial charge is 0.388 e. The van der Waals surface area contributed by atoms with Gasteiger partial charge in [0.05, 0.1) is 3.58 Å². The zero-order valence-corrected chi connectivity index (χ0v) is 6.48. The van der Waals surface area contributed by atoms with E-state index in [0.29, 0.717) is 0 Å². The molecule has 0 rings (SSSR count). The summed E-state index contributed by atoms with van der Waals surface area (Å²) in [6.45, 7) is 0.285. The third-order valence-electron chi connectivity index (χ3n) is 0.453. The Morgan fingerprint density at radius 1 is 1.67 bits per heavy atom. The van der Waals surface area contributed by atoms with Gasteiger partial charge < -0.3 is 4.74 Å². The number of halogens is 3. The van der Waals surface area contributed by atoms with Crippen LogP contribution >= 0.6 is 22.6 Å². The Labute approximate surface area is 64.5 Å². The molecule has 0 atom stereocenters. The van der Waals surface area contributed by atoms with Crippen molar-refractivity contribution < 1.29 is 13.5 Å². The highest BCUT2D eigenvalue weighted by atomic mass is 127. The minimum atomic E-state index is -2.93. The fraction of sp³-hybridized carbons (Fsp3) is 0.250. The molecule has 5 heteroatoms. The lowest BCUT2D eigenvalue weighted by molar-refractivity contribution is -0.0600. The Hall–Kier alpha value is -0.200. The highest BCUT2D eigenvalue weighted by Crippen LogP contribution is 2.07. The Kier molecular flexibility index (Phi) is 3.67. The van der Waals surface area contributed by atoms with E-state index in [1.807, 2.05) is 0 Å². The molecule has 52 valence electrons. The second kappa shape index (κ2) is 3.76. The van der Waals surface area contributed by atoms with Crippen molar-refractivity contribution in [2.45, 2.75) is 6.61 Å². The molecule has 0 spiro atoms. The predicted octanol–water partition coefficient (Wildman–Crippen LogP) is 2.15. The summed E-state index contributed by atoms with van der Waals surface area (Å²) in [5.41, 5.74) is 0. The van der Waals surface area contributed by atoms with Crippen molar-refractivity contribution >= 4 is 28.5 Å². The summed E-state index contributed by atoms with van der Waals surface area (Å²) in [7, 11) is 0. The highest BCUT2D eigenvalue weighted by molar-refractivity contribution is 14.1. The zero-order valence-electron chi connectivity index (χ0n) is 4.33. The maximum absolute atomic E-state index is 11.2. The van der Waals surface area contributed by atoms with Crippen molar-refractivity contribution in [2.75, 3.05) is 0 Å². The molecule has 0 aliphatic rings. The summed E-state index contributed by atoms with van der Waals surface area (Å²) in [5, 5.41) is 6.66. The summed E-state index contributed by atoms with van der Waals surface area (Å²) in [6, 6.07) is 0. The topological polar surface area (TPSA) is 33.1 Å². The molecule has 0 heterocycles. The molecule has 0 aromatic carbocycles. The van der Waals surface area contributed by atoms with Gasteiger partial charge >= 0.3 is 6.61 Å². The van der Waals surface area contributed by atoms with Crippen LogP contribution in [0.1, 0.15) is 0 Å². The average molecular weight is 247 g/mol. The van der Waals surface area contributed by atoms with Gasteiger partial charge in [-0.05, 0) is 22.6 Å². The van der Waals surface area contributed by atoms with Crippen LogP contribution in [0.15, 0.2) is 10.2 Å². The second-order valence-corrected chi connectivity index (χ2v) is 2.41. The summed E-state index contributed by atoms with van der Waals surface area (Å²) < 4.78 is 26.3. The fourth-order valence-corrected chi connectivity index (χ4v) is 0.280. The van der Waals surface area contributed by atoms with E-state index >= 15 is 0 Å². The number of alkyl halides is 2. The summed E-state index contributed by atoms with van der Waals surface area (Å²) in [6.07, 6.45) is 0. The quantitative estimate of drug-likeness (QED) is 0.452. The molecule has 0 amide bonds. The van der Waals surface area contributed by atoms with E-state index in [0.717, 1.165) is 0 Å². The van der Waals surface area contributed by atoms with Gasteiger partial charge in [-0.15, -0.1) is 0 Å². The van der Waals surface area contributed by atoms with Crippen molar-refractivity contribution in [3.05, 3.63) is 10.2 Å². The molecule has 0 radical (unpaired) electrons. The highest BCUT2D eigenvalue weighted by Gasteiger charge is 2.07. The molecule has 0 aromatic heterocycles. The van der Waals surface area contributed by atoms with Crippen molar-refractivity contribution in [3.63, 3.8) is 0 Å². The minimum Gasteiger partial charge on any atom is -0.416 e. The van der Waals surface area contributed by atoms with Gasteiger partial charge in [0.1, 0.15) is 0 Å². The van der Waals surface area contributed by atoms with Crippen LogP contribution < -0.4 is 0 Å². The standard InChI is InChI=1S/C4H4F2INO/c1-2(7)3(8)9-4(5)6/h4,8H,1H2. The first-order chi connectivity index (χ1) is 4.04. The Bertz CT molecular complexity index is 137. The molecule has 1 N–H and O–H groups in total. The monoisotopic (exact) mass is 247 g/mol. The number of hydrogen-bond donors (Lipinski definition) is 1. The van der Waals surface area contributed by atoms with Gasteiger partial charge in [-0.25, -0.2) is 0 Å². The SMILES string of the molecule is C=C(I)C(=N)OC(F)F. The molecule has 9 heavy (non-hydrogen) atoms. The van der Waals surface area contributed by atoms with E-state index < -0.39 is 12.5 Å². The Morgan fingerprint density at radius 3 is 2.22 bits per heavy atom. The molecule has 0 fully saturated rings. The van der Waals surface area contributed by atoms with Crippen molar-refractivity contribution in [3.8, 4) is 0 Å². The molecular weight excluding hydrogens is 243 g/mol. The van der Waals surface area contributed by atoms with Gasteiger partial charge in [0.15, 0.2) is 0 Å². The second-order valence-electron chi connectivity index (χ2n) is 1.11. The Balaban J connectivity index is 3.65. The predicted molar refractivity (Wildman–Crippen MR) is 38.0 cm³/mol. The molecule has 0 saturated carbocycles. The van der Waals surface area contributed by atoms with Crippen molar-refractivity contribution in [1.29, 1.82) is 5.41 Å². The van der Waals surface area contributed by atoms with Gasteiger partial charge in [-0.1, -0.05) is 6.58 Å². The van der Waals surface area contributed by atoms with E-state index in [9.17, 15) is 8.78 Å². The van der Waals surface area contributed by atoms with E-state index in [1.165, 1.54) is 0 Å². The van der Waals surface area contributed by atoms with Crippen LogP contribution in [0.5, 0.6) is 0 Å². The fourth-order valence-electron chi connectivity index (χ4n) is 0.153. The first kappa shape index (κ1) is 8.80. The minimum absolute atomic E-state index is 0.160. The van der Waals surface area contributed by atoms with Crippen LogP contribution in [0, 0.1) is 5.41 Å². The molecule has 0 bridgehead atoms. The maximum atomic E-state index is 11.2. The summed E-state index contributed by atoms with van der Waals surface area (Å²) in [5.74, 6) is -0.578. The molecule has 0 saturated heterocycles. The largest absolute Gasteiger partial charge is 0.416 e. The third-order valence-corrected chi connectivity index (χ3v) is 0.943. The molecule has 0 aliphatic carbocycles. The van der Waals surface area contributed by atoms with E-state index in [4.69, 9.17) is 5.41 Å². The van der Waals surface area contributed by atoms with Crippen LogP contribution in [-0.2, 0) is 4.74 Å². The number of nitrogens with one attached hydrogen (secondary N) is 1. The van der Waals surface area contributed by atoms with Crippen LogP contribution in [0.3, 0.4) is 0 Å². The average Bonchev–Trinajstić information content (AvgIpc) is 1.63. The van der Waals surface area contributed by atoms with E-state index in [2.05, 4.69) is 11.3 Å². The van der Waals surface area contributed by atoms with Crippen LogP contribution in [-0.4, -0.2) is 12.5 Å².